The lowest BCUT2D eigenvalue weighted by molar-refractivity contribution is -0.146. The van der Waals surface area contributed by atoms with Crippen LogP contribution in [0.1, 0.15) is 31.1 Å². The zero-order valence-electron chi connectivity index (χ0n) is 11.3. The van der Waals surface area contributed by atoms with E-state index in [1.807, 2.05) is 0 Å². The molecule has 0 aliphatic heterocycles. The van der Waals surface area contributed by atoms with Crippen LogP contribution in [0.15, 0.2) is 18.3 Å². The van der Waals surface area contributed by atoms with Crippen LogP contribution in [0.4, 0.5) is 5.82 Å². The molecule has 0 fully saturated rings. The number of hydrogen-bond donors (Lipinski definition) is 2. The maximum absolute atomic E-state index is 11.4. The number of anilines is 1. The predicted octanol–water partition coefficient (Wildman–Crippen LogP) is 1.78. The highest BCUT2D eigenvalue weighted by Gasteiger charge is 2.26. The maximum atomic E-state index is 11.4. The summed E-state index contributed by atoms with van der Waals surface area (Å²) in [4.78, 5) is 26.4. The Morgan fingerprint density at radius 1 is 1.42 bits per heavy atom. The minimum atomic E-state index is -0.887. The number of carbonyl (C=O) groups excluding carboxylic acids is 1. The Balaban J connectivity index is 2.63. The van der Waals surface area contributed by atoms with E-state index >= 15 is 0 Å². The Kier molecular flexibility index (Phi) is 4.86. The van der Waals surface area contributed by atoms with Crippen LogP contribution in [0.2, 0.25) is 0 Å². The van der Waals surface area contributed by atoms with E-state index in [0.29, 0.717) is 18.0 Å². The highest BCUT2D eigenvalue weighted by molar-refractivity contribution is 5.89. The fourth-order valence-electron chi connectivity index (χ4n) is 1.22. The number of hydrogen-bond acceptors (Lipinski definition) is 5. The summed E-state index contributed by atoms with van der Waals surface area (Å²) in [6, 6.07) is 3.20. The highest BCUT2D eigenvalue weighted by Crippen LogP contribution is 2.16. The fraction of sp³-hybridized carbons (Fsp3) is 0.462. The van der Waals surface area contributed by atoms with Crippen molar-refractivity contribution in [2.75, 3.05) is 18.5 Å². The number of nitrogens with zero attached hydrogens (tertiary/aromatic N) is 1. The van der Waals surface area contributed by atoms with Gasteiger partial charge in [-0.15, -0.1) is 0 Å². The molecule has 2 N–H and O–H groups in total. The van der Waals surface area contributed by atoms with Crippen molar-refractivity contribution >= 4 is 17.8 Å². The second kappa shape index (κ2) is 6.17. The van der Waals surface area contributed by atoms with Crippen LogP contribution >= 0.6 is 0 Å². The molecule has 0 unspecified atom stereocenters. The molecule has 19 heavy (non-hydrogen) atoms. The molecule has 0 aliphatic rings. The van der Waals surface area contributed by atoms with Gasteiger partial charge >= 0.3 is 11.9 Å². The van der Waals surface area contributed by atoms with E-state index in [9.17, 15) is 9.59 Å². The van der Waals surface area contributed by atoms with Gasteiger partial charge in [-0.05, 0) is 32.9 Å². The fourth-order valence-corrected chi connectivity index (χ4v) is 1.22. The lowest BCUT2D eigenvalue weighted by Gasteiger charge is -2.19. The lowest BCUT2D eigenvalue weighted by atomic mass is 9.94. The molecule has 0 amide bonds. The van der Waals surface area contributed by atoms with Gasteiger partial charge in [0.05, 0.1) is 17.6 Å². The quantitative estimate of drug-likeness (QED) is 0.763. The second-order valence-corrected chi connectivity index (χ2v) is 4.70. The van der Waals surface area contributed by atoms with Crippen molar-refractivity contribution in [1.29, 1.82) is 0 Å². The smallest absolute Gasteiger partial charge is 0.339 e. The van der Waals surface area contributed by atoms with Crippen molar-refractivity contribution < 1.29 is 19.4 Å². The third kappa shape index (κ3) is 4.24. The third-order valence-electron chi connectivity index (χ3n) is 2.57. The van der Waals surface area contributed by atoms with Gasteiger partial charge in [0.1, 0.15) is 5.82 Å². The number of aliphatic carboxylic acids is 1. The first-order chi connectivity index (χ1) is 8.86. The van der Waals surface area contributed by atoms with Crippen LogP contribution in [0.5, 0.6) is 0 Å². The minimum absolute atomic E-state index is 0.244. The number of rotatable bonds is 6. The van der Waals surface area contributed by atoms with E-state index in [0.717, 1.165) is 0 Å². The first-order valence-electron chi connectivity index (χ1n) is 5.97. The van der Waals surface area contributed by atoms with Crippen molar-refractivity contribution in [3.05, 3.63) is 23.9 Å². The topological polar surface area (TPSA) is 88.5 Å². The standard InChI is InChI=1S/C13H18N2O4/c1-4-19-11(16)9-5-6-10(14-7-9)15-8-13(2,3)12(17)18/h5-7H,4,8H2,1-3H3,(H,14,15)(H,17,18). The van der Waals surface area contributed by atoms with E-state index in [2.05, 4.69) is 10.3 Å². The van der Waals surface area contributed by atoms with Crippen LogP contribution in [0.25, 0.3) is 0 Å². The van der Waals surface area contributed by atoms with Gasteiger partial charge in [0, 0.05) is 12.7 Å². The molecule has 1 aromatic rings. The van der Waals surface area contributed by atoms with Crippen molar-refractivity contribution in [3.8, 4) is 0 Å². The van der Waals surface area contributed by atoms with Gasteiger partial charge < -0.3 is 15.2 Å². The van der Waals surface area contributed by atoms with Crippen LogP contribution in [0.3, 0.4) is 0 Å². The molecule has 0 aromatic carbocycles. The zero-order valence-corrected chi connectivity index (χ0v) is 11.3. The van der Waals surface area contributed by atoms with E-state index in [-0.39, 0.29) is 6.54 Å². The Morgan fingerprint density at radius 2 is 2.11 bits per heavy atom. The van der Waals surface area contributed by atoms with Crippen LogP contribution in [-0.2, 0) is 9.53 Å². The van der Waals surface area contributed by atoms with Crippen LogP contribution in [0, 0.1) is 5.41 Å². The van der Waals surface area contributed by atoms with Crippen LogP contribution in [-0.4, -0.2) is 35.2 Å². The van der Waals surface area contributed by atoms with E-state index in [1.165, 1.54) is 6.20 Å². The summed E-state index contributed by atoms with van der Waals surface area (Å²) in [6.45, 7) is 5.53. The SMILES string of the molecule is CCOC(=O)c1ccc(NCC(C)(C)C(=O)O)nc1. The van der Waals surface area contributed by atoms with E-state index in [4.69, 9.17) is 9.84 Å². The Morgan fingerprint density at radius 3 is 2.58 bits per heavy atom. The molecule has 0 saturated heterocycles. The minimum Gasteiger partial charge on any atom is -0.481 e. The van der Waals surface area contributed by atoms with Crippen molar-refractivity contribution in [1.82, 2.24) is 4.98 Å². The number of carboxylic acid groups (broad SMARTS) is 1. The van der Waals surface area contributed by atoms with Crippen LogP contribution < -0.4 is 5.32 Å². The monoisotopic (exact) mass is 266 g/mol. The molecule has 0 spiro atoms. The number of carboxylic acids is 1. The second-order valence-electron chi connectivity index (χ2n) is 4.70. The summed E-state index contributed by atoms with van der Waals surface area (Å²) >= 11 is 0. The molecule has 6 heteroatoms. The number of nitrogens with one attached hydrogen (secondary N) is 1. The summed E-state index contributed by atoms with van der Waals surface area (Å²) < 4.78 is 4.84. The number of carbonyl (C=O) groups is 2. The highest BCUT2D eigenvalue weighted by atomic mass is 16.5. The first-order valence-corrected chi connectivity index (χ1v) is 5.97. The average Bonchev–Trinajstić information content (AvgIpc) is 2.37. The number of pyridine rings is 1. The Bertz CT molecular complexity index is 454. The predicted molar refractivity (Wildman–Crippen MR) is 70.1 cm³/mol. The summed E-state index contributed by atoms with van der Waals surface area (Å²) in [5.74, 6) is -0.794. The molecule has 0 saturated carbocycles. The van der Waals surface area contributed by atoms with Gasteiger partial charge in [-0.1, -0.05) is 0 Å². The molecule has 0 bridgehead atoms. The van der Waals surface area contributed by atoms with Gasteiger partial charge in [-0.3, -0.25) is 4.79 Å². The van der Waals surface area contributed by atoms with E-state index < -0.39 is 17.4 Å². The van der Waals surface area contributed by atoms with Gasteiger partial charge in [-0.2, -0.15) is 0 Å². The summed E-state index contributed by atoms with van der Waals surface area (Å²) in [6.07, 6.45) is 1.40. The molecule has 1 rings (SSSR count). The summed E-state index contributed by atoms with van der Waals surface area (Å²) in [7, 11) is 0. The average molecular weight is 266 g/mol. The maximum Gasteiger partial charge on any atom is 0.339 e. The molecule has 0 aliphatic carbocycles. The normalized spacial score (nSPS) is 10.9. The molecule has 1 aromatic heterocycles. The number of aromatic nitrogens is 1. The van der Waals surface area contributed by atoms with E-state index in [1.54, 1.807) is 32.9 Å². The first kappa shape index (κ1) is 14.9. The van der Waals surface area contributed by atoms with Gasteiger partial charge in [0.15, 0.2) is 0 Å². The molecule has 104 valence electrons. The Labute approximate surface area is 111 Å². The molecule has 6 nitrogen and oxygen atoms in total. The summed E-state index contributed by atoms with van der Waals surface area (Å²) in [5.41, 5.74) is -0.522. The van der Waals surface area contributed by atoms with Crippen molar-refractivity contribution in [2.45, 2.75) is 20.8 Å². The molecule has 0 atom stereocenters. The molecular weight excluding hydrogens is 248 g/mol. The molecule has 1 heterocycles. The summed E-state index contributed by atoms with van der Waals surface area (Å²) in [5, 5.41) is 11.9. The largest absolute Gasteiger partial charge is 0.481 e. The number of esters is 1. The molecular formula is C13H18N2O4. The Hall–Kier alpha value is -2.11. The van der Waals surface area contributed by atoms with Crippen molar-refractivity contribution in [2.24, 2.45) is 5.41 Å². The zero-order chi connectivity index (χ0) is 14.5. The van der Waals surface area contributed by atoms with Gasteiger partial charge in [0.2, 0.25) is 0 Å². The van der Waals surface area contributed by atoms with Gasteiger partial charge in [0.25, 0.3) is 0 Å². The van der Waals surface area contributed by atoms with Gasteiger partial charge in [-0.25, -0.2) is 9.78 Å². The van der Waals surface area contributed by atoms with Crippen molar-refractivity contribution in [3.63, 3.8) is 0 Å². The molecule has 0 radical (unpaired) electrons. The number of ether oxygens (including phenoxy) is 1. The lowest BCUT2D eigenvalue weighted by Crippen LogP contribution is -2.32. The third-order valence-corrected chi connectivity index (χ3v) is 2.57.